The zero-order chi connectivity index (χ0) is 23.7. The molecule has 0 spiro atoms. The highest BCUT2D eigenvalue weighted by Crippen LogP contribution is 2.39. The average molecular weight is 448 g/mol. The van der Waals surface area contributed by atoms with Gasteiger partial charge in [-0.3, -0.25) is 9.48 Å². The van der Waals surface area contributed by atoms with Crippen LogP contribution < -0.4 is 5.32 Å². The molecule has 8 nitrogen and oxygen atoms in total. The van der Waals surface area contributed by atoms with Crippen molar-refractivity contribution in [3.05, 3.63) is 66.6 Å². The van der Waals surface area contributed by atoms with Gasteiger partial charge in [-0.05, 0) is 50.1 Å². The molecule has 172 valence electrons. The van der Waals surface area contributed by atoms with E-state index >= 15 is 0 Å². The first-order valence-corrected chi connectivity index (χ1v) is 10.5. The van der Waals surface area contributed by atoms with Crippen molar-refractivity contribution < 1.29 is 17.2 Å². The van der Waals surface area contributed by atoms with Crippen molar-refractivity contribution in [2.75, 3.05) is 5.32 Å². The van der Waals surface area contributed by atoms with Crippen molar-refractivity contribution in [3.63, 3.8) is 0 Å². The number of H-pyrrole nitrogens is 1. The zero-order valence-corrected chi connectivity index (χ0v) is 19.0. The molecule has 1 aromatic carbocycles. The van der Waals surface area contributed by atoms with Crippen LogP contribution in [0.1, 0.15) is 32.6 Å². The second-order valence-electron chi connectivity index (χ2n) is 8.07. The number of carbonyl (C=O) groups excluding carboxylic acids is 2. The Kier molecular flexibility index (Phi) is 5.83. The van der Waals surface area contributed by atoms with Crippen molar-refractivity contribution >= 4 is 28.6 Å². The first-order chi connectivity index (χ1) is 15.8. The normalized spacial score (nSPS) is 11.1. The summed E-state index contributed by atoms with van der Waals surface area (Å²) in [7, 11) is 1.85. The number of nitrogens with one attached hydrogen (secondary N) is 2. The van der Waals surface area contributed by atoms with E-state index in [2.05, 4.69) is 27.0 Å². The standard InChI is InChI=1S/C25H25N5O3.2H2/c1-6-21(31)28-20-10-16(8-7-15(20)4)22-19-9-17(25(32)33-14(2)3)11-26-24(19)29-23(22)18-12-27-30(5)13-18;;/h6-14H,1H2,2-5H3,(H,26,29)(H,28,31);2*1H. The molecule has 0 atom stereocenters. The molecule has 0 fully saturated rings. The second kappa shape index (κ2) is 8.74. The van der Waals surface area contributed by atoms with E-state index in [0.717, 1.165) is 33.3 Å². The quantitative estimate of drug-likeness (QED) is 0.315. The molecule has 0 aliphatic carbocycles. The van der Waals surface area contributed by atoms with E-state index in [1.807, 2.05) is 38.4 Å². The van der Waals surface area contributed by atoms with Crippen LogP contribution in [-0.2, 0) is 16.6 Å². The number of rotatable bonds is 6. The molecule has 0 bridgehead atoms. The molecule has 4 aromatic rings. The number of hydrogen-bond donors (Lipinski definition) is 2. The summed E-state index contributed by atoms with van der Waals surface area (Å²) in [5, 5.41) is 7.91. The molecule has 8 heteroatoms. The molecule has 0 aliphatic heterocycles. The van der Waals surface area contributed by atoms with Crippen molar-refractivity contribution in [3.8, 4) is 22.4 Å². The van der Waals surface area contributed by atoms with Gasteiger partial charge in [0.05, 0.1) is 23.6 Å². The molecule has 0 saturated heterocycles. The number of amides is 1. The van der Waals surface area contributed by atoms with E-state index in [1.165, 1.54) is 12.3 Å². The first kappa shape index (κ1) is 22.0. The van der Waals surface area contributed by atoms with E-state index in [4.69, 9.17) is 4.74 Å². The summed E-state index contributed by atoms with van der Waals surface area (Å²) in [6, 6.07) is 7.59. The molecular formula is C25H29N5O3. The number of fused-ring (bicyclic) bond motifs is 1. The Morgan fingerprint density at radius 1 is 1.24 bits per heavy atom. The Hall–Kier alpha value is -4.20. The number of esters is 1. The first-order valence-electron chi connectivity index (χ1n) is 10.5. The summed E-state index contributed by atoms with van der Waals surface area (Å²) in [6.45, 7) is 9.05. The molecule has 33 heavy (non-hydrogen) atoms. The molecule has 3 heterocycles. The van der Waals surface area contributed by atoms with Gasteiger partial charge >= 0.3 is 5.97 Å². The predicted molar refractivity (Wildman–Crippen MR) is 132 cm³/mol. The maximum absolute atomic E-state index is 12.5. The Morgan fingerprint density at radius 2 is 2.03 bits per heavy atom. The molecule has 4 rings (SSSR count). The molecule has 0 saturated carbocycles. The van der Waals surface area contributed by atoms with Crippen LogP contribution in [0.2, 0.25) is 0 Å². The third-order valence-electron chi connectivity index (χ3n) is 5.19. The third-order valence-corrected chi connectivity index (χ3v) is 5.19. The Morgan fingerprint density at radius 3 is 2.70 bits per heavy atom. The average Bonchev–Trinajstić information content (AvgIpc) is 3.37. The Bertz CT molecular complexity index is 1390. The highest BCUT2D eigenvalue weighted by molar-refractivity contribution is 6.06. The van der Waals surface area contributed by atoms with Gasteiger partial charge in [-0.1, -0.05) is 18.7 Å². The molecule has 3 aromatic heterocycles. The Labute approximate surface area is 194 Å². The van der Waals surface area contributed by atoms with Crippen molar-refractivity contribution in [1.82, 2.24) is 19.7 Å². The van der Waals surface area contributed by atoms with Gasteiger partial charge in [0.15, 0.2) is 0 Å². The number of benzene rings is 1. The maximum atomic E-state index is 12.5. The van der Waals surface area contributed by atoms with Gasteiger partial charge in [0.1, 0.15) is 5.65 Å². The van der Waals surface area contributed by atoms with Crippen LogP contribution in [0, 0.1) is 6.92 Å². The number of aromatic nitrogens is 4. The lowest BCUT2D eigenvalue weighted by Crippen LogP contribution is -2.11. The SMILES string of the molecule is C=CC(=O)Nc1cc(-c2c(-c3cnn(C)c3)[nH]c3ncc(C(=O)OC(C)C)cc23)ccc1C.[HH].[HH]. The number of carbonyl (C=O) groups is 2. The van der Waals surface area contributed by atoms with E-state index in [1.54, 1.807) is 30.8 Å². The van der Waals surface area contributed by atoms with Gasteiger partial charge in [-0.15, -0.1) is 0 Å². The lowest BCUT2D eigenvalue weighted by Gasteiger charge is -2.11. The summed E-state index contributed by atoms with van der Waals surface area (Å²) in [6.07, 6.45) is 6.16. The number of aryl methyl sites for hydroxylation is 2. The van der Waals surface area contributed by atoms with E-state index in [0.29, 0.717) is 16.9 Å². The smallest absolute Gasteiger partial charge is 0.339 e. The number of nitrogens with zero attached hydrogens (tertiary/aromatic N) is 3. The minimum absolute atomic E-state index is 0. The van der Waals surface area contributed by atoms with Crippen LogP contribution >= 0.6 is 0 Å². The van der Waals surface area contributed by atoms with E-state index in [9.17, 15) is 9.59 Å². The third kappa shape index (κ3) is 4.41. The van der Waals surface area contributed by atoms with Gasteiger partial charge < -0.3 is 15.0 Å². The van der Waals surface area contributed by atoms with Crippen molar-refractivity contribution in [1.29, 1.82) is 0 Å². The van der Waals surface area contributed by atoms with Gasteiger partial charge in [-0.25, -0.2) is 9.78 Å². The monoisotopic (exact) mass is 447 g/mol. The molecule has 0 aliphatic rings. The van der Waals surface area contributed by atoms with Gasteiger partial charge in [0.25, 0.3) is 0 Å². The Balaban J connectivity index is 0.00000216. The number of anilines is 1. The zero-order valence-electron chi connectivity index (χ0n) is 19.0. The topological polar surface area (TPSA) is 102 Å². The molecule has 0 unspecified atom stereocenters. The second-order valence-corrected chi connectivity index (χ2v) is 8.07. The maximum Gasteiger partial charge on any atom is 0.339 e. The van der Waals surface area contributed by atoms with Crippen molar-refractivity contribution in [2.45, 2.75) is 26.9 Å². The van der Waals surface area contributed by atoms with Crippen LogP contribution in [-0.4, -0.2) is 37.7 Å². The number of hydrogen-bond acceptors (Lipinski definition) is 5. The summed E-state index contributed by atoms with van der Waals surface area (Å²) in [5.74, 6) is -0.723. The van der Waals surface area contributed by atoms with E-state index in [-0.39, 0.29) is 14.9 Å². The summed E-state index contributed by atoms with van der Waals surface area (Å²) >= 11 is 0. The minimum Gasteiger partial charge on any atom is -0.459 e. The van der Waals surface area contributed by atoms with Crippen molar-refractivity contribution in [2.24, 2.45) is 7.05 Å². The summed E-state index contributed by atoms with van der Waals surface area (Å²) in [5.41, 5.74) is 5.95. The van der Waals surface area contributed by atoms with Gasteiger partial charge in [0.2, 0.25) is 5.91 Å². The van der Waals surface area contributed by atoms with Crippen LogP contribution in [0.5, 0.6) is 0 Å². The fourth-order valence-corrected chi connectivity index (χ4v) is 3.63. The largest absolute Gasteiger partial charge is 0.459 e. The number of pyridine rings is 1. The fraction of sp³-hybridized carbons (Fsp3) is 0.200. The van der Waals surface area contributed by atoms with Gasteiger partial charge in [-0.2, -0.15) is 5.10 Å². The molecular weight excluding hydrogens is 418 g/mol. The van der Waals surface area contributed by atoms with E-state index < -0.39 is 5.97 Å². The van der Waals surface area contributed by atoms with Crippen LogP contribution in [0.25, 0.3) is 33.4 Å². The number of ether oxygens (including phenoxy) is 1. The lowest BCUT2D eigenvalue weighted by molar-refractivity contribution is -0.111. The summed E-state index contributed by atoms with van der Waals surface area (Å²) in [4.78, 5) is 32.3. The van der Waals surface area contributed by atoms with Crippen LogP contribution in [0.4, 0.5) is 5.69 Å². The predicted octanol–water partition coefficient (Wildman–Crippen LogP) is 5.12. The van der Waals surface area contributed by atoms with Crippen LogP contribution in [0.3, 0.4) is 0 Å². The molecule has 2 N–H and O–H groups in total. The molecule has 0 radical (unpaired) electrons. The molecule has 1 amide bonds. The highest BCUT2D eigenvalue weighted by Gasteiger charge is 2.20. The summed E-state index contributed by atoms with van der Waals surface area (Å²) < 4.78 is 7.07. The minimum atomic E-state index is -0.433. The van der Waals surface area contributed by atoms with Crippen LogP contribution in [0.15, 0.2) is 55.5 Å². The fourth-order valence-electron chi connectivity index (χ4n) is 3.63. The number of aromatic amines is 1. The highest BCUT2D eigenvalue weighted by atomic mass is 16.5. The lowest BCUT2D eigenvalue weighted by atomic mass is 9.97. The van der Waals surface area contributed by atoms with Gasteiger partial charge in [0, 0.05) is 44.5 Å².